The molecule has 0 aliphatic heterocycles. The molecule has 0 saturated heterocycles. The van der Waals surface area contributed by atoms with E-state index in [9.17, 15) is 0 Å². The zero-order valence-corrected chi connectivity index (χ0v) is 24.4. The van der Waals surface area contributed by atoms with Gasteiger partial charge in [-0.1, -0.05) is 78.9 Å². The van der Waals surface area contributed by atoms with Crippen LogP contribution in [0.1, 0.15) is 0 Å². The topological polar surface area (TPSA) is 17.3 Å². The van der Waals surface area contributed by atoms with E-state index in [0.717, 1.165) is 11.2 Å². The van der Waals surface area contributed by atoms with E-state index >= 15 is 0 Å². The van der Waals surface area contributed by atoms with Gasteiger partial charge in [-0.15, -0.1) is 22.7 Å². The predicted molar refractivity (Wildman–Crippen MR) is 188 cm³/mol. The molecule has 43 heavy (non-hydrogen) atoms. The fourth-order valence-corrected chi connectivity index (χ4v) is 9.91. The quantitative estimate of drug-likeness (QED) is 0.189. The zero-order chi connectivity index (χ0) is 27.8. The summed E-state index contributed by atoms with van der Waals surface area (Å²) in [6.45, 7) is 0. The fraction of sp³-hybridized carbons (Fsp3) is 0. The number of thiophene rings is 2. The Morgan fingerprint density at radius 2 is 1.26 bits per heavy atom. The molecule has 0 saturated carbocycles. The van der Waals surface area contributed by atoms with Crippen molar-refractivity contribution in [2.45, 2.75) is 0 Å². The summed E-state index contributed by atoms with van der Waals surface area (Å²) in [5, 5.41) is 11.7. The second-order valence-corrected chi connectivity index (χ2v) is 13.6. The van der Waals surface area contributed by atoms with Crippen LogP contribution in [0.5, 0.6) is 0 Å². The second-order valence-electron chi connectivity index (χ2n) is 11.5. The van der Waals surface area contributed by atoms with E-state index in [0.29, 0.717) is 0 Å². The molecule has 0 atom stereocenters. The van der Waals surface area contributed by atoms with Crippen molar-refractivity contribution in [3.8, 4) is 11.1 Å². The van der Waals surface area contributed by atoms with Gasteiger partial charge in [0.15, 0.2) is 0 Å². The molecule has 0 aliphatic rings. The van der Waals surface area contributed by atoms with E-state index in [1.165, 1.54) is 89.4 Å². The maximum absolute atomic E-state index is 5.29. The van der Waals surface area contributed by atoms with Crippen molar-refractivity contribution < 1.29 is 0 Å². The zero-order valence-electron chi connectivity index (χ0n) is 22.8. The Balaban J connectivity index is 1.32. The van der Waals surface area contributed by atoms with E-state index in [1.807, 2.05) is 22.7 Å². The minimum absolute atomic E-state index is 1.03. The average molecular weight is 581 g/mol. The van der Waals surface area contributed by atoms with Crippen molar-refractivity contribution in [3.05, 3.63) is 121 Å². The first kappa shape index (κ1) is 22.6. The SMILES string of the molecule is c1ccc2nc3c(cc2c1)c1c2sc4ccccc4c2cc2c4cc(-c5cccc6c5sc5ccccc56)ccc4n3c21. The van der Waals surface area contributed by atoms with Crippen LogP contribution in [-0.4, -0.2) is 9.38 Å². The molecule has 0 amide bonds. The lowest BCUT2D eigenvalue weighted by Gasteiger charge is -2.06. The molecule has 5 aromatic heterocycles. The summed E-state index contributed by atoms with van der Waals surface area (Å²) >= 11 is 3.80. The number of aromatic nitrogens is 2. The van der Waals surface area contributed by atoms with Crippen molar-refractivity contribution >= 4 is 112 Å². The molecule has 5 heterocycles. The molecular weight excluding hydrogens is 561 g/mol. The number of hydrogen-bond donors (Lipinski definition) is 0. The van der Waals surface area contributed by atoms with Gasteiger partial charge >= 0.3 is 0 Å². The van der Waals surface area contributed by atoms with Crippen LogP contribution < -0.4 is 0 Å². The second kappa shape index (κ2) is 7.87. The summed E-state index contributed by atoms with van der Waals surface area (Å²) in [6, 6.07) is 44.7. The van der Waals surface area contributed by atoms with Crippen LogP contribution in [0.2, 0.25) is 0 Å². The van der Waals surface area contributed by atoms with Crippen LogP contribution in [0.15, 0.2) is 121 Å². The molecule has 11 rings (SSSR count). The van der Waals surface area contributed by atoms with Gasteiger partial charge in [0.2, 0.25) is 0 Å². The number of rotatable bonds is 1. The highest BCUT2D eigenvalue weighted by molar-refractivity contribution is 7.27. The maximum atomic E-state index is 5.29. The molecule has 4 heteroatoms. The van der Waals surface area contributed by atoms with Crippen LogP contribution in [-0.2, 0) is 0 Å². The van der Waals surface area contributed by atoms with Crippen molar-refractivity contribution in [2.75, 3.05) is 0 Å². The minimum atomic E-state index is 1.03. The van der Waals surface area contributed by atoms with Crippen molar-refractivity contribution in [2.24, 2.45) is 0 Å². The molecule has 198 valence electrons. The van der Waals surface area contributed by atoms with Crippen molar-refractivity contribution in [1.29, 1.82) is 0 Å². The van der Waals surface area contributed by atoms with Gasteiger partial charge in [-0.25, -0.2) is 4.98 Å². The molecule has 0 aliphatic carbocycles. The molecule has 0 unspecified atom stereocenters. The molecule has 0 fully saturated rings. The Kier molecular flexibility index (Phi) is 4.13. The van der Waals surface area contributed by atoms with Gasteiger partial charge in [0.05, 0.1) is 16.6 Å². The third kappa shape index (κ3) is 2.80. The fourth-order valence-electron chi connectivity index (χ4n) is 7.43. The minimum Gasteiger partial charge on any atom is -0.293 e. The highest BCUT2D eigenvalue weighted by atomic mass is 32.1. The van der Waals surface area contributed by atoms with E-state index in [-0.39, 0.29) is 0 Å². The Labute approximate surface area is 253 Å². The summed E-state index contributed by atoms with van der Waals surface area (Å²) in [4.78, 5) is 5.29. The molecule has 6 aromatic carbocycles. The van der Waals surface area contributed by atoms with E-state index in [2.05, 4.69) is 126 Å². The van der Waals surface area contributed by atoms with Crippen molar-refractivity contribution in [3.63, 3.8) is 0 Å². The van der Waals surface area contributed by atoms with E-state index in [4.69, 9.17) is 4.98 Å². The number of para-hydroxylation sites is 1. The lowest BCUT2D eigenvalue weighted by molar-refractivity contribution is 1.30. The van der Waals surface area contributed by atoms with Crippen molar-refractivity contribution in [1.82, 2.24) is 9.38 Å². The van der Waals surface area contributed by atoms with E-state index < -0.39 is 0 Å². The summed E-state index contributed by atoms with van der Waals surface area (Å²) in [7, 11) is 0. The van der Waals surface area contributed by atoms with Gasteiger partial charge in [-0.3, -0.25) is 4.40 Å². The Hall–Kier alpha value is -5.03. The first-order valence-electron chi connectivity index (χ1n) is 14.6. The normalized spacial score (nSPS) is 12.7. The first-order valence-corrected chi connectivity index (χ1v) is 16.2. The highest BCUT2D eigenvalue weighted by Crippen LogP contribution is 2.48. The highest BCUT2D eigenvalue weighted by Gasteiger charge is 2.23. The first-order chi connectivity index (χ1) is 21.3. The summed E-state index contributed by atoms with van der Waals surface area (Å²) in [5.41, 5.74) is 7.12. The molecular formula is C39H20N2S2. The van der Waals surface area contributed by atoms with Crippen LogP contribution in [0.4, 0.5) is 0 Å². The van der Waals surface area contributed by atoms with Gasteiger partial charge < -0.3 is 0 Å². The Morgan fingerprint density at radius 1 is 0.512 bits per heavy atom. The predicted octanol–water partition coefficient (Wildman–Crippen LogP) is 11.8. The van der Waals surface area contributed by atoms with Gasteiger partial charge in [0, 0.05) is 67.3 Å². The lowest BCUT2D eigenvalue weighted by atomic mass is 9.99. The van der Waals surface area contributed by atoms with Crippen LogP contribution in [0, 0.1) is 0 Å². The molecule has 11 aromatic rings. The van der Waals surface area contributed by atoms with Gasteiger partial charge in [0.1, 0.15) is 5.65 Å². The molecule has 0 spiro atoms. The lowest BCUT2D eigenvalue weighted by Crippen LogP contribution is -1.86. The number of nitrogens with zero attached hydrogens (tertiary/aromatic N) is 2. The van der Waals surface area contributed by atoms with Crippen LogP contribution >= 0.6 is 22.7 Å². The van der Waals surface area contributed by atoms with Gasteiger partial charge in [-0.05, 0) is 53.6 Å². The maximum Gasteiger partial charge on any atom is 0.146 e. The van der Waals surface area contributed by atoms with Gasteiger partial charge in [0.25, 0.3) is 0 Å². The molecule has 2 nitrogen and oxygen atoms in total. The summed E-state index contributed by atoms with van der Waals surface area (Å²) < 4.78 is 7.79. The Morgan fingerprint density at radius 3 is 2.14 bits per heavy atom. The average Bonchev–Trinajstić information content (AvgIpc) is 3.79. The van der Waals surface area contributed by atoms with E-state index in [1.54, 1.807) is 0 Å². The molecule has 0 bridgehead atoms. The third-order valence-electron chi connectivity index (χ3n) is 9.29. The number of benzene rings is 6. The molecule has 0 N–H and O–H groups in total. The largest absolute Gasteiger partial charge is 0.293 e. The smallest absolute Gasteiger partial charge is 0.146 e. The summed E-state index contributed by atoms with van der Waals surface area (Å²) in [5.74, 6) is 0. The number of hydrogen-bond acceptors (Lipinski definition) is 3. The summed E-state index contributed by atoms with van der Waals surface area (Å²) in [6.07, 6.45) is 0. The molecule has 0 radical (unpaired) electrons. The third-order valence-corrected chi connectivity index (χ3v) is 11.7. The monoisotopic (exact) mass is 580 g/mol. The standard InChI is InChI=1S/C39H20N2S2/c1-4-13-31-22(8-1)19-30-35-36-28(20-29-25-10-3-6-15-34(25)43-38(29)35)27-18-21(16-17-32(27)41(36)39(30)40-31)23-11-7-12-26-24-9-2-5-14-33(24)42-37(23)26/h1-20H. The van der Waals surface area contributed by atoms with Crippen LogP contribution in [0.3, 0.4) is 0 Å². The van der Waals surface area contributed by atoms with Crippen LogP contribution in [0.25, 0.3) is 101 Å². The number of fused-ring (bicyclic) bond motifs is 14. The Bertz CT molecular complexity index is 2960. The number of pyridine rings is 1. The van der Waals surface area contributed by atoms with Gasteiger partial charge in [-0.2, -0.15) is 0 Å².